The summed E-state index contributed by atoms with van der Waals surface area (Å²) < 4.78 is 0. The van der Waals surface area contributed by atoms with Crippen LogP contribution in [0.2, 0.25) is 0 Å². The molecule has 2 aromatic rings. The number of para-hydroxylation sites is 2. The van der Waals surface area contributed by atoms with Crippen LogP contribution in [0.1, 0.15) is 19.8 Å². The SMILES string of the molecule is CCCC1C(=O)N(c2ccccc2)C(=O)N(c2ccccc2)C1=O. The van der Waals surface area contributed by atoms with Gasteiger partial charge < -0.3 is 0 Å². The summed E-state index contributed by atoms with van der Waals surface area (Å²) in [6.45, 7) is 1.91. The fraction of sp³-hybridized carbons (Fsp3) is 0.211. The second kappa shape index (κ2) is 6.66. The fourth-order valence-corrected chi connectivity index (χ4v) is 2.87. The Morgan fingerprint density at radius 1 is 0.750 bits per heavy atom. The highest BCUT2D eigenvalue weighted by molar-refractivity contribution is 6.36. The Balaban J connectivity index is 2.08. The van der Waals surface area contributed by atoms with Gasteiger partial charge in [0, 0.05) is 0 Å². The standard InChI is InChI=1S/C19H18N2O3/c1-2-9-16-17(22)20(14-10-5-3-6-11-14)19(24)21(18(16)23)15-12-7-4-8-13-15/h3-8,10-13,16H,2,9H2,1H3. The second-order valence-electron chi connectivity index (χ2n) is 5.64. The van der Waals surface area contributed by atoms with Crippen LogP contribution in [0.3, 0.4) is 0 Å². The number of amides is 4. The van der Waals surface area contributed by atoms with Gasteiger partial charge in [-0.1, -0.05) is 49.7 Å². The molecule has 1 fully saturated rings. The zero-order valence-electron chi connectivity index (χ0n) is 13.4. The van der Waals surface area contributed by atoms with Crippen molar-refractivity contribution >= 4 is 29.2 Å². The minimum Gasteiger partial charge on any atom is -0.273 e. The molecule has 4 amide bonds. The summed E-state index contributed by atoms with van der Waals surface area (Å²) in [6.07, 6.45) is 1.10. The quantitative estimate of drug-likeness (QED) is 0.808. The molecular formula is C19H18N2O3. The zero-order chi connectivity index (χ0) is 17.1. The maximum atomic E-state index is 12.9. The Morgan fingerprint density at radius 3 is 1.54 bits per heavy atom. The lowest BCUT2D eigenvalue weighted by Gasteiger charge is -2.36. The van der Waals surface area contributed by atoms with Crippen molar-refractivity contribution in [1.29, 1.82) is 0 Å². The molecule has 3 rings (SSSR count). The number of carbonyl (C=O) groups excluding carboxylic acids is 3. The topological polar surface area (TPSA) is 57.7 Å². The second-order valence-corrected chi connectivity index (χ2v) is 5.64. The third-order valence-electron chi connectivity index (χ3n) is 4.03. The Bertz CT molecular complexity index is 697. The van der Waals surface area contributed by atoms with Crippen molar-refractivity contribution in [3.05, 3.63) is 60.7 Å². The van der Waals surface area contributed by atoms with E-state index in [4.69, 9.17) is 0 Å². The van der Waals surface area contributed by atoms with Crippen molar-refractivity contribution in [3.63, 3.8) is 0 Å². The van der Waals surface area contributed by atoms with Gasteiger partial charge in [0.05, 0.1) is 11.4 Å². The molecule has 1 saturated heterocycles. The Labute approximate surface area is 140 Å². The number of barbiturate groups is 1. The lowest BCUT2D eigenvalue weighted by atomic mass is 9.97. The van der Waals surface area contributed by atoms with E-state index in [0.717, 1.165) is 9.80 Å². The van der Waals surface area contributed by atoms with Crippen LogP contribution >= 0.6 is 0 Å². The van der Waals surface area contributed by atoms with E-state index in [0.29, 0.717) is 24.2 Å². The van der Waals surface area contributed by atoms with Gasteiger partial charge in [-0.3, -0.25) is 9.59 Å². The van der Waals surface area contributed by atoms with Gasteiger partial charge in [-0.05, 0) is 30.7 Å². The van der Waals surface area contributed by atoms with Gasteiger partial charge in [-0.15, -0.1) is 0 Å². The van der Waals surface area contributed by atoms with Crippen molar-refractivity contribution in [2.75, 3.05) is 9.80 Å². The van der Waals surface area contributed by atoms with Gasteiger partial charge in [-0.25, -0.2) is 14.6 Å². The lowest BCUT2D eigenvalue weighted by Crippen LogP contribution is -2.60. The average molecular weight is 322 g/mol. The first-order valence-corrected chi connectivity index (χ1v) is 7.97. The highest BCUT2D eigenvalue weighted by Gasteiger charge is 2.46. The first-order chi connectivity index (χ1) is 11.6. The number of hydrogen-bond acceptors (Lipinski definition) is 3. The third kappa shape index (κ3) is 2.69. The van der Waals surface area contributed by atoms with Gasteiger partial charge in [0.25, 0.3) is 0 Å². The van der Waals surface area contributed by atoms with Crippen LogP contribution in [-0.4, -0.2) is 17.8 Å². The summed E-state index contributed by atoms with van der Waals surface area (Å²) in [5.74, 6) is -1.75. The number of rotatable bonds is 4. The van der Waals surface area contributed by atoms with Crippen LogP contribution in [0.15, 0.2) is 60.7 Å². The lowest BCUT2D eigenvalue weighted by molar-refractivity contribution is -0.132. The third-order valence-corrected chi connectivity index (χ3v) is 4.03. The molecule has 0 radical (unpaired) electrons. The Kier molecular flexibility index (Phi) is 4.42. The molecule has 0 bridgehead atoms. The monoisotopic (exact) mass is 322 g/mol. The van der Waals surface area contributed by atoms with E-state index in [9.17, 15) is 14.4 Å². The summed E-state index contributed by atoms with van der Waals surface area (Å²) in [5, 5.41) is 0. The van der Waals surface area contributed by atoms with Gasteiger partial charge in [0.1, 0.15) is 5.92 Å². The number of imide groups is 2. The molecule has 5 nitrogen and oxygen atoms in total. The molecular weight excluding hydrogens is 304 g/mol. The van der Waals surface area contributed by atoms with Crippen LogP contribution in [0.25, 0.3) is 0 Å². The minimum absolute atomic E-state index is 0.414. The molecule has 0 aliphatic carbocycles. The smallest absolute Gasteiger partial charge is 0.273 e. The number of urea groups is 1. The summed E-state index contributed by atoms with van der Waals surface area (Å²) in [6, 6.07) is 16.8. The maximum Gasteiger partial charge on any atom is 0.342 e. The highest BCUT2D eigenvalue weighted by atomic mass is 16.2. The summed E-state index contributed by atoms with van der Waals surface area (Å²) in [4.78, 5) is 40.7. The zero-order valence-corrected chi connectivity index (χ0v) is 13.4. The summed E-state index contributed by atoms with van der Waals surface area (Å²) in [5.41, 5.74) is 0.948. The van der Waals surface area contributed by atoms with E-state index in [1.807, 2.05) is 19.1 Å². The predicted molar refractivity (Wildman–Crippen MR) is 91.7 cm³/mol. The van der Waals surface area contributed by atoms with E-state index in [1.54, 1.807) is 48.5 Å². The van der Waals surface area contributed by atoms with Crippen LogP contribution in [0.5, 0.6) is 0 Å². The molecule has 0 saturated carbocycles. The molecule has 2 aromatic carbocycles. The van der Waals surface area contributed by atoms with Gasteiger partial charge in [0.15, 0.2) is 0 Å². The number of hydrogen-bond donors (Lipinski definition) is 0. The Morgan fingerprint density at radius 2 is 1.17 bits per heavy atom. The molecule has 1 aliphatic heterocycles. The fourth-order valence-electron chi connectivity index (χ4n) is 2.87. The molecule has 24 heavy (non-hydrogen) atoms. The van der Waals surface area contributed by atoms with Gasteiger partial charge in [0.2, 0.25) is 11.8 Å². The first-order valence-electron chi connectivity index (χ1n) is 7.97. The van der Waals surface area contributed by atoms with Crippen molar-refractivity contribution in [3.8, 4) is 0 Å². The molecule has 0 aromatic heterocycles. The summed E-state index contributed by atoms with van der Waals surface area (Å²) in [7, 11) is 0. The Hall–Kier alpha value is -2.95. The highest BCUT2D eigenvalue weighted by Crippen LogP contribution is 2.30. The predicted octanol–water partition coefficient (Wildman–Crippen LogP) is 3.60. The van der Waals surface area contributed by atoms with Gasteiger partial charge >= 0.3 is 6.03 Å². The van der Waals surface area contributed by atoms with Crippen molar-refractivity contribution in [1.82, 2.24) is 0 Å². The number of nitrogens with zero attached hydrogens (tertiary/aromatic N) is 2. The van der Waals surface area contributed by atoms with E-state index in [-0.39, 0.29) is 0 Å². The summed E-state index contributed by atoms with van der Waals surface area (Å²) >= 11 is 0. The van der Waals surface area contributed by atoms with Gasteiger partial charge in [-0.2, -0.15) is 0 Å². The van der Waals surface area contributed by atoms with Crippen LogP contribution in [0.4, 0.5) is 16.2 Å². The molecule has 0 unspecified atom stereocenters. The van der Waals surface area contributed by atoms with Crippen molar-refractivity contribution in [2.45, 2.75) is 19.8 Å². The molecule has 1 heterocycles. The van der Waals surface area contributed by atoms with E-state index >= 15 is 0 Å². The number of benzene rings is 2. The molecule has 0 spiro atoms. The van der Waals surface area contributed by atoms with Crippen LogP contribution in [-0.2, 0) is 9.59 Å². The molecule has 122 valence electrons. The van der Waals surface area contributed by atoms with Crippen LogP contribution < -0.4 is 9.80 Å². The molecule has 0 atom stereocenters. The average Bonchev–Trinajstić information content (AvgIpc) is 2.61. The van der Waals surface area contributed by atoms with E-state index in [2.05, 4.69) is 0 Å². The van der Waals surface area contributed by atoms with E-state index in [1.165, 1.54) is 0 Å². The van der Waals surface area contributed by atoms with Crippen molar-refractivity contribution in [2.24, 2.45) is 5.92 Å². The normalized spacial score (nSPS) is 16.0. The van der Waals surface area contributed by atoms with E-state index < -0.39 is 23.8 Å². The molecule has 0 N–H and O–H groups in total. The molecule has 1 aliphatic rings. The largest absolute Gasteiger partial charge is 0.342 e. The first kappa shape index (κ1) is 15.9. The number of carbonyl (C=O) groups is 3. The maximum absolute atomic E-state index is 12.9. The van der Waals surface area contributed by atoms with Crippen molar-refractivity contribution < 1.29 is 14.4 Å². The van der Waals surface area contributed by atoms with Crippen LogP contribution in [0, 0.1) is 5.92 Å². The number of anilines is 2. The minimum atomic E-state index is -0.840. The molecule has 5 heteroatoms.